The number of carbonyl (C=O) groups excluding carboxylic acids is 1. The summed E-state index contributed by atoms with van der Waals surface area (Å²) in [5.74, 6) is 0.980. The number of hydrogen-bond acceptors (Lipinski definition) is 6. The molecule has 8 heteroatoms. The number of benzene rings is 2. The number of nitrogens with zero attached hydrogens (tertiary/aromatic N) is 2. The quantitative estimate of drug-likeness (QED) is 0.244. The van der Waals surface area contributed by atoms with Crippen LogP contribution in [0.5, 0.6) is 5.75 Å². The molecule has 0 bridgehead atoms. The number of carbonyl (C=O) groups is 1. The zero-order valence-corrected chi connectivity index (χ0v) is 24.1. The monoisotopic (exact) mass is 554 g/mol. The van der Waals surface area contributed by atoms with Crippen LogP contribution in [0.25, 0.3) is 22.1 Å². The van der Waals surface area contributed by atoms with Crippen molar-refractivity contribution in [3.8, 4) is 16.9 Å². The van der Waals surface area contributed by atoms with Gasteiger partial charge in [-0.1, -0.05) is 37.6 Å². The maximum atomic E-state index is 12.2. The molecule has 0 radical (unpaired) electrons. The van der Waals surface area contributed by atoms with Crippen LogP contribution >= 0.6 is 11.6 Å². The number of fused-ring (bicyclic) bond motifs is 1. The van der Waals surface area contributed by atoms with Crippen molar-refractivity contribution in [1.82, 2.24) is 20.4 Å². The van der Waals surface area contributed by atoms with Crippen LogP contribution in [-0.2, 0) is 4.79 Å². The number of furan rings is 1. The van der Waals surface area contributed by atoms with Gasteiger partial charge in [-0.3, -0.25) is 9.69 Å². The van der Waals surface area contributed by atoms with Crippen LogP contribution in [0.2, 0.25) is 5.02 Å². The second-order valence-corrected chi connectivity index (χ2v) is 11.1. The number of unbranched alkanes of at least 4 members (excludes halogenated alkanes) is 2. The smallest absolute Gasteiger partial charge is 0.234 e. The van der Waals surface area contributed by atoms with Crippen molar-refractivity contribution in [3.05, 3.63) is 53.8 Å². The van der Waals surface area contributed by atoms with E-state index < -0.39 is 0 Å². The molecule has 0 unspecified atom stereocenters. The average molecular weight is 555 g/mol. The molecule has 212 valence electrons. The molecule has 1 aliphatic heterocycles. The van der Waals surface area contributed by atoms with Crippen molar-refractivity contribution in [2.75, 3.05) is 59.0 Å². The first-order valence-electron chi connectivity index (χ1n) is 14.3. The van der Waals surface area contributed by atoms with Gasteiger partial charge in [0.1, 0.15) is 11.3 Å². The topological polar surface area (TPSA) is 70.0 Å². The minimum Gasteiger partial charge on any atom is -0.493 e. The molecule has 2 N–H and O–H groups in total. The third-order valence-electron chi connectivity index (χ3n) is 7.15. The summed E-state index contributed by atoms with van der Waals surface area (Å²) in [6.45, 7) is 12.2. The van der Waals surface area contributed by atoms with E-state index in [0.29, 0.717) is 19.2 Å². The first-order chi connectivity index (χ1) is 19.0. The van der Waals surface area contributed by atoms with Crippen molar-refractivity contribution in [1.29, 1.82) is 0 Å². The van der Waals surface area contributed by atoms with E-state index in [1.54, 1.807) is 6.26 Å². The summed E-state index contributed by atoms with van der Waals surface area (Å²) in [6.07, 6.45) is 6.08. The van der Waals surface area contributed by atoms with Gasteiger partial charge in [-0.25, -0.2) is 0 Å². The van der Waals surface area contributed by atoms with E-state index in [4.69, 9.17) is 20.8 Å². The summed E-state index contributed by atoms with van der Waals surface area (Å²) in [5.41, 5.74) is 2.97. The number of amides is 1. The van der Waals surface area contributed by atoms with E-state index in [1.807, 2.05) is 36.4 Å². The molecule has 0 saturated carbocycles. The highest BCUT2D eigenvalue weighted by Crippen LogP contribution is 2.33. The Morgan fingerprint density at radius 2 is 1.74 bits per heavy atom. The number of rotatable bonds is 15. The van der Waals surface area contributed by atoms with E-state index in [9.17, 15) is 4.79 Å². The van der Waals surface area contributed by atoms with E-state index in [2.05, 4.69) is 40.3 Å². The second-order valence-electron chi connectivity index (χ2n) is 10.7. The predicted molar refractivity (Wildman–Crippen MR) is 160 cm³/mol. The lowest BCUT2D eigenvalue weighted by molar-refractivity contribution is -0.122. The summed E-state index contributed by atoms with van der Waals surface area (Å²) >= 11 is 6.02. The Kier molecular flexibility index (Phi) is 11.5. The van der Waals surface area contributed by atoms with Crippen LogP contribution in [0.1, 0.15) is 39.5 Å². The zero-order valence-electron chi connectivity index (χ0n) is 23.4. The minimum atomic E-state index is 0.140. The molecule has 0 aliphatic carbocycles. The summed E-state index contributed by atoms with van der Waals surface area (Å²) in [5, 5.41) is 8.21. The van der Waals surface area contributed by atoms with Crippen LogP contribution < -0.4 is 15.4 Å². The van der Waals surface area contributed by atoms with Crippen LogP contribution in [0.3, 0.4) is 0 Å². The van der Waals surface area contributed by atoms with Gasteiger partial charge in [0.05, 0.1) is 19.4 Å². The molecule has 2 aromatic carbocycles. The normalized spacial score (nSPS) is 14.8. The fraction of sp³-hybridized carbons (Fsp3) is 0.516. The minimum absolute atomic E-state index is 0.140. The van der Waals surface area contributed by atoms with Gasteiger partial charge >= 0.3 is 0 Å². The summed E-state index contributed by atoms with van der Waals surface area (Å²) in [4.78, 5) is 17.0. The molecular weight excluding hydrogens is 512 g/mol. The lowest BCUT2D eigenvalue weighted by atomic mass is 10.0. The Labute approximate surface area is 237 Å². The third kappa shape index (κ3) is 9.53. The molecule has 39 heavy (non-hydrogen) atoms. The van der Waals surface area contributed by atoms with Crippen LogP contribution in [0.4, 0.5) is 0 Å². The molecular formula is C31H43ClN4O3. The van der Waals surface area contributed by atoms with E-state index in [-0.39, 0.29) is 5.91 Å². The van der Waals surface area contributed by atoms with Crippen LogP contribution in [-0.4, -0.2) is 80.7 Å². The summed E-state index contributed by atoms with van der Waals surface area (Å²) in [7, 11) is 0. The fourth-order valence-corrected chi connectivity index (χ4v) is 5.02. The van der Waals surface area contributed by atoms with E-state index >= 15 is 0 Å². The number of nitrogens with one attached hydrogen (secondary N) is 2. The molecule has 1 amide bonds. The molecule has 2 heterocycles. The molecule has 3 aromatic rings. The predicted octanol–water partition coefficient (Wildman–Crippen LogP) is 5.42. The second kappa shape index (κ2) is 15.3. The molecule has 1 aliphatic rings. The van der Waals surface area contributed by atoms with Gasteiger partial charge in [0, 0.05) is 60.8 Å². The van der Waals surface area contributed by atoms with Crippen LogP contribution in [0.15, 0.2) is 53.1 Å². The Bertz CT molecular complexity index is 1160. The van der Waals surface area contributed by atoms with Gasteiger partial charge in [0.15, 0.2) is 0 Å². The fourth-order valence-electron chi connectivity index (χ4n) is 4.89. The first kappa shape index (κ1) is 29.4. The molecule has 1 aromatic heterocycles. The summed E-state index contributed by atoms with van der Waals surface area (Å²) < 4.78 is 11.8. The lowest BCUT2D eigenvalue weighted by Gasteiger charge is -2.34. The highest BCUT2D eigenvalue weighted by atomic mass is 35.5. The average Bonchev–Trinajstić information content (AvgIpc) is 3.35. The van der Waals surface area contributed by atoms with Gasteiger partial charge < -0.3 is 24.7 Å². The largest absolute Gasteiger partial charge is 0.493 e. The van der Waals surface area contributed by atoms with Crippen molar-refractivity contribution in [2.45, 2.75) is 45.6 Å². The van der Waals surface area contributed by atoms with Gasteiger partial charge in [0.2, 0.25) is 5.91 Å². The maximum absolute atomic E-state index is 12.2. The highest BCUT2D eigenvalue weighted by molar-refractivity contribution is 6.30. The van der Waals surface area contributed by atoms with Crippen molar-refractivity contribution in [3.63, 3.8) is 0 Å². The number of ether oxygens (including phenoxy) is 1. The van der Waals surface area contributed by atoms with E-state index in [1.165, 1.54) is 0 Å². The van der Waals surface area contributed by atoms with Crippen molar-refractivity contribution >= 4 is 28.5 Å². The molecule has 0 atom stereocenters. The Balaban J connectivity index is 1.06. The molecule has 1 fully saturated rings. The lowest BCUT2D eigenvalue weighted by Crippen LogP contribution is -2.49. The number of piperazine rings is 1. The third-order valence-corrected chi connectivity index (χ3v) is 7.40. The SMILES string of the molecule is CC(C)NCCCNC(=O)CN1CCN(CCCCCOc2ccc3c(-c4ccc(Cl)cc4)coc3c2)CC1. The highest BCUT2D eigenvalue weighted by Gasteiger charge is 2.18. The molecule has 4 rings (SSSR count). The molecule has 1 saturated heterocycles. The summed E-state index contributed by atoms with van der Waals surface area (Å²) in [6, 6.07) is 14.3. The maximum Gasteiger partial charge on any atom is 0.234 e. The zero-order chi connectivity index (χ0) is 27.5. The van der Waals surface area contributed by atoms with Gasteiger partial charge in [-0.05, 0) is 68.6 Å². The number of hydrogen-bond donors (Lipinski definition) is 2. The first-order valence-corrected chi connectivity index (χ1v) is 14.7. The van der Waals surface area contributed by atoms with Gasteiger partial charge in [-0.15, -0.1) is 0 Å². The van der Waals surface area contributed by atoms with Gasteiger partial charge in [0.25, 0.3) is 0 Å². The Morgan fingerprint density at radius 1 is 0.974 bits per heavy atom. The van der Waals surface area contributed by atoms with Gasteiger partial charge in [-0.2, -0.15) is 0 Å². The van der Waals surface area contributed by atoms with Crippen molar-refractivity contribution < 1.29 is 13.9 Å². The molecule has 7 nitrogen and oxygen atoms in total. The van der Waals surface area contributed by atoms with Crippen LogP contribution in [0, 0.1) is 0 Å². The Morgan fingerprint density at radius 3 is 2.51 bits per heavy atom. The van der Waals surface area contributed by atoms with Crippen molar-refractivity contribution in [2.24, 2.45) is 0 Å². The number of halogens is 1. The standard InChI is InChI=1S/C31H43ClN4O3/c1-24(2)33-13-6-14-34-31(37)22-36-18-16-35(17-19-36)15-4-3-5-20-38-27-11-12-28-29(23-39-30(28)21-27)25-7-9-26(32)10-8-25/h7-12,21,23-24,33H,3-6,13-20,22H2,1-2H3,(H,34,37). The molecule has 0 spiro atoms. The Hall–Kier alpha value is -2.58. The van der Waals surface area contributed by atoms with E-state index in [0.717, 1.165) is 104 Å².